The Balaban J connectivity index is 2.32. The third-order valence-corrected chi connectivity index (χ3v) is 3.26. The van der Waals surface area contributed by atoms with Gasteiger partial charge in [0.15, 0.2) is 0 Å². The van der Waals surface area contributed by atoms with Crippen molar-refractivity contribution in [3.05, 3.63) is 29.3 Å². The maximum Gasteiger partial charge on any atom is 0.405 e. The van der Waals surface area contributed by atoms with E-state index < -0.39 is 36.1 Å². The van der Waals surface area contributed by atoms with Crippen LogP contribution in [0.15, 0.2) is 12.1 Å². The Morgan fingerprint density at radius 1 is 1.24 bits per heavy atom. The first-order valence-electron chi connectivity index (χ1n) is 6.74. The van der Waals surface area contributed by atoms with Gasteiger partial charge < -0.3 is 10.6 Å². The highest BCUT2D eigenvalue weighted by atomic mass is 19.4. The van der Waals surface area contributed by atoms with Crippen molar-refractivity contribution in [3.8, 4) is 0 Å². The van der Waals surface area contributed by atoms with Crippen LogP contribution in [-0.2, 0) is 6.42 Å². The first kappa shape index (κ1) is 16.0. The highest BCUT2D eigenvalue weighted by Crippen LogP contribution is 2.37. The summed E-state index contributed by atoms with van der Waals surface area (Å²) < 4.78 is 65.9. The molecule has 0 aliphatic heterocycles. The van der Waals surface area contributed by atoms with E-state index in [0.29, 0.717) is 18.4 Å². The number of anilines is 1. The number of hydrogen-bond donors (Lipinski definition) is 1. The number of halogens is 5. The van der Waals surface area contributed by atoms with Crippen LogP contribution in [0.1, 0.15) is 25.3 Å². The highest BCUT2D eigenvalue weighted by molar-refractivity contribution is 5.53. The van der Waals surface area contributed by atoms with Crippen LogP contribution >= 0.6 is 0 Å². The molecule has 0 radical (unpaired) electrons. The van der Waals surface area contributed by atoms with Crippen LogP contribution in [0.4, 0.5) is 27.6 Å². The zero-order valence-corrected chi connectivity index (χ0v) is 11.6. The Hall–Kier alpha value is -1.37. The normalized spacial score (nSPS) is 16.9. The van der Waals surface area contributed by atoms with Crippen LogP contribution in [0.5, 0.6) is 0 Å². The van der Waals surface area contributed by atoms with E-state index in [9.17, 15) is 22.0 Å². The third kappa shape index (κ3) is 4.30. The van der Waals surface area contributed by atoms with E-state index in [0.717, 1.165) is 17.0 Å². The summed E-state index contributed by atoms with van der Waals surface area (Å²) in [6.45, 7) is 0.335. The maximum atomic E-state index is 14.1. The summed E-state index contributed by atoms with van der Waals surface area (Å²) >= 11 is 0. The van der Waals surface area contributed by atoms with Gasteiger partial charge in [-0.15, -0.1) is 0 Å². The molecule has 0 bridgehead atoms. The van der Waals surface area contributed by atoms with Gasteiger partial charge in [0.1, 0.15) is 23.9 Å². The summed E-state index contributed by atoms with van der Waals surface area (Å²) in [6.07, 6.45) is -3.23. The van der Waals surface area contributed by atoms with E-state index in [1.165, 1.54) is 0 Å². The lowest BCUT2D eigenvalue weighted by molar-refractivity contribution is -0.120. The molecule has 0 heterocycles. The monoisotopic (exact) mass is 308 g/mol. The number of rotatable bonds is 5. The van der Waals surface area contributed by atoms with Crippen molar-refractivity contribution in [1.82, 2.24) is 0 Å². The molecule has 1 aromatic rings. The lowest BCUT2D eigenvalue weighted by Gasteiger charge is -2.27. The molecule has 2 rings (SSSR count). The standard InChI is InChI=1S/C14H17F5N2/c1-8(20)4-9-5-11(15)13(12(16)6-9)21(10-2-3-10)7-14(17,18)19/h5-6,8,10H,2-4,7,20H2,1H3. The molecule has 2 N–H and O–H groups in total. The van der Waals surface area contributed by atoms with E-state index in [1.807, 2.05) is 0 Å². The van der Waals surface area contributed by atoms with Gasteiger partial charge in [-0.25, -0.2) is 8.78 Å². The molecular formula is C14H17F5N2. The molecule has 1 aliphatic rings. The van der Waals surface area contributed by atoms with Gasteiger partial charge in [0, 0.05) is 12.1 Å². The number of nitrogens with two attached hydrogens (primary N) is 1. The molecule has 1 fully saturated rings. The van der Waals surface area contributed by atoms with Gasteiger partial charge >= 0.3 is 6.18 Å². The number of nitrogens with zero attached hydrogens (tertiary/aromatic N) is 1. The summed E-state index contributed by atoms with van der Waals surface area (Å²) in [5.41, 5.74) is 5.30. The zero-order chi connectivity index (χ0) is 15.8. The fourth-order valence-electron chi connectivity index (χ4n) is 2.35. The molecule has 118 valence electrons. The molecule has 0 saturated heterocycles. The first-order valence-corrected chi connectivity index (χ1v) is 6.74. The Labute approximate surface area is 119 Å². The minimum Gasteiger partial charge on any atom is -0.355 e. The van der Waals surface area contributed by atoms with Crippen molar-refractivity contribution in [2.75, 3.05) is 11.4 Å². The van der Waals surface area contributed by atoms with Crippen LogP contribution < -0.4 is 10.6 Å². The average Bonchev–Trinajstić information content (AvgIpc) is 3.07. The molecule has 0 spiro atoms. The summed E-state index contributed by atoms with van der Waals surface area (Å²) in [5, 5.41) is 0. The molecule has 0 amide bonds. The Morgan fingerprint density at radius 2 is 1.76 bits per heavy atom. The number of benzene rings is 1. The van der Waals surface area contributed by atoms with Gasteiger partial charge in [-0.3, -0.25) is 0 Å². The van der Waals surface area contributed by atoms with Crippen LogP contribution in [0.3, 0.4) is 0 Å². The highest BCUT2D eigenvalue weighted by Gasteiger charge is 2.40. The summed E-state index contributed by atoms with van der Waals surface area (Å²) in [5.74, 6) is -1.94. The maximum absolute atomic E-state index is 14.1. The van der Waals surface area contributed by atoms with Crippen molar-refractivity contribution in [2.24, 2.45) is 5.73 Å². The molecule has 1 aromatic carbocycles. The van der Waals surface area contributed by atoms with E-state index in [-0.39, 0.29) is 12.5 Å². The fourth-order valence-corrected chi connectivity index (χ4v) is 2.35. The van der Waals surface area contributed by atoms with Crippen molar-refractivity contribution < 1.29 is 22.0 Å². The molecule has 0 aromatic heterocycles. The molecule has 1 aliphatic carbocycles. The smallest absolute Gasteiger partial charge is 0.355 e. The molecule has 1 unspecified atom stereocenters. The lowest BCUT2D eigenvalue weighted by atomic mass is 10.1. The van der Waals surface area contributed by atoms with Crippen molar-refractivity contribution in [3.63, 3.8) is 0 Å². The van der Waals surface area contributed by atoms with Crippen LogP contribution in [-0.4, -0.2) is 24.8 Å². The van der Waals surface area contributed by atoms with Crippen molar-refractivity contribution in [2.45, 2.75) is 44.4 Å². The van der Waals surface area contributed by atoms with Crippen molar-refractivity contribution in [1.29, 1.82) is 0 Å². The Kier molecular flexibility index (Phi) is 4.41. The molecule has 1 atom stereocenters. The van der Waals surface area contributed by atoms with Gasteiger partial charge in [-0.05, 0) is 43.9 Å². The largest absolute Gasteiger partial charge is 0.405 e. The Morgan fingerprint density at radius 3 is 2.14 bits per heavy atom. The van der Waals surface area contributed by atoms with Crippen LogP contribution in [0, 0.1) is 11.6 Å². The fraction of sp³-hybridized carbons (Fsp3) is 0.571. The second-order valence-electron chi connectivity index (χ2n) is 5.56. The predicted molar refractivity (Wildman–Crippen MR) is 70.1 cm³/mol. The number of hydrogen-bond acceptors (Lipinski definition) is 2. The minimum atomic E-state index is -4.51. The van der Waals surface area contributed by atoms with E-state index >= 15 is 0 Å². The van der Waals surface area contributed by atoms with Gasteiger partial charge in [-0.1, -0.05) is 0 Å². The summed E-state index contributed by atoms with van der Waals surface area (Å²) in [6, 6.07) is 1.39. The number of alkyl halides is 3. The average molecular weight is 308 g/mol. The second-order valence-corrected chi connectivity index (χ2v) is 5.56. The quantitative estimate of drug-likeness (QED) is 0.845. The topological polar surface area (TPSA) is 29.3 Å². The van der Waals surface area contributed by atoms with Gasteiger partial charge in [0.2, 0.25) is 0 Å². The predicted octanol–water partition coefficient (Wildman–Crippen LogP) is 3.39. The third-order valence-electron chi connectivity index (χ3n) is 3.26. The van der Waals surface area contributed by atoms with E-state index in [2.05, 4.69) is 0 Å². The van der Waals surface area contributed by atoms with Gasteiger partial charge in [-0.2, -0.15) is 13.2 Å². The van der Waals surface area contributed by atoms with E-state index in [1.54, 1.807) is 6.92 Å². The first-order chi connectivity index (χ1) is 9.67. The Bertz CT molecular complexity index is 486. The van der Waals surface area contributed by atoms with E-state index in [4.69, 9.17) is 5.73 Å². The SMILES string of the molecule is CC(N)Cc1cc(F)c(N(CC(F)(F)F)C2CC2)c(F)c1. The van der Waals surface area contributed by atoms with Gasteiger partial charge in [0.25, 0.3) is 0 Å². The summed E-state index contributed by atoms with van der Waals surface area (Å²) in [7, 11) is 0. The summed E-state index contributed by atoms with van der Waals surface area (Å²) in [4.78, 5) is 0.778. The zero-order valence-electron chi connectivity index (χ0n) is 11.6. The lowest BCUT2D eigenvalue weighted by Crippen LogP contribution is -2.37. The minimum absolute atomic E-state index is 0.261. The van der Waals surface area contributed by atoms with Crippen molar-refractivity contribution >= 4 is 5.69 Å². The van der Waals surface area contributed by atoms with Gasteiger partial charge in [0.05, 0.1) is 0 Å². The molecule has 2 nitrogen and oxygen atoms in total. The van der Waals surface area contributed by atoms with Crippen LogP contribution in [0.2, 0.25) is 0 Å². The molecule has 21 heavy (non-hydrogen) atoms. The molecular weight excluding hydrogens is 291 g/mol. The molecule has 7 heteroatoms. The second kappa shape index (κ2) is 5.79. The van der Waals surface area contributed by atoms with Crippen LogP contribution in [0.25, 0.3) is 0 Å². The molecule has 1 saturated carbocycles.